The van der Waals surface area contributed by atoms with Gasteiger partial charge < -0.3 is 78.0 Å². The third kappa shape index (κ3) is 15.3. The number of carboxylic acid groups (broad SMARTS) is 1. The number of aliphatic hydroxyl groups is 3. The molecule has 4 fully saturated rings. The Hall–Kier alpha value is -4.00. The molecule has 4 heterocycles. The average Bonchev–Trinajstić information content (AvgIpc) is 4.37. The van der Waals surface area contributed by atoms with E-state index < -0.39 is 119 Å². The van der Waals surface area contributed by atoms with E-state index in [2.05, 4.69) is 5.32 Å². The fourth-order valence-electron chi connectivity index (χ4n) is 12.9. The quantitative estimate of drug-likeness (QED) is 0.0631. The van der Waals surface area contributed by atoms with E-state index in [1.807, 2.05) is 58.6 Å². The van der Waals surface area contributed by atoms with Gasteiger partial charge in [-0.25, -0.2) is 4.79 Å². The number of aromatic carboxylic acids is 1. The zero-order chi connectivity index (χ0) is 60.2. The van der Waals surface area contributed by atoms with Gasteiger partial charge in [0.25, 0.3) is 0 Å². The van der Waals surface area contributed by atoms with Gasteiger partial charge in [-0.2, -0.15) is 0 Å². The minimum atomic E-state index is -1.88. The van der Waals surface area contributed by atoms with E-state index >= 15 is 0 Å². The highest BCUT2D eigenvalue weighted by atomic mass is 35.5. The number of fused-ring (bicyclic) bond motifs is 1. The van der Waals surface area contributed by atoms with Crippen LogP contribution >= 0.6 is 11.6 Å². The Labute approximate surface area is 482 Å². The van der Waals surface area contributed by atoms with Crippen LogP contribution in [0.4, 0.5) is 5.69 Å². The Morgan fingerprint density at radius 3 is 2.22 bits per heavy atom. The summed E-state index contributed by atoms with van der Waals surface area (Å²) in [6, 6.07) is 2.39. The predicted molar refractivity (Wildman–Crippen MR) is 303 cm³/mol. The van der Waals surface area contributed by atoms with Gasteiger partial charge in [0, 0.05) is 62.6 Å². The van der Waals surface area contributed by atoms with Crippen molar-refractivity contribution in [1.29, 1.82) is 0 Å². The van der Waals surface area contributed by atoms with E-state index in [0.29, 0.717) is 29.2 Å². The van der Waals surface area contributed by atoms with Crippen LogP contribution in [0.5, 0.6) is 0 Å². The van der Waals surface area contributed by atoms with Crippen LogP contribution in [0.15, 0.2) is 23.1 Å². The number of hydrogen-bond acceptors (Lipinski definition) is 19. The summed E-state index contributed by atoms with van der Waals surface area (Å²) < 4.78 is 53.0. The normalized spacial score (nSPS) is 36.8. The maximum atomic E-state index is 14.9. The fourth-order valence-corrected chi connectivity index (χ4v) is 13.1. The van der Waals surface area contributed by atoms with Gasteiger partial charge in [0.05, 0.1) is 77.8 Å². The molecule has 1 saturated carbocycles. The number of nitrogens with zero attached hydrogens (tertiary/aromatic N) is 3. The number of anilines is 1. The molecule has 6 rings (SSSR count). The summed E-state index contributed by atoms with van der Waals surface area (Å²) in [6.45, 7) is 20.2. The summed E-state index contributed by atoms with van der Waals surface area (Å²) in [6.07, 6.45) is -4.54. The van der Waals surface area contributed by atoms with Crippen LogP contribution in [-0.2, 0) is 52.3 Å². The summed E-state index contributed by atoms with van der Waals surface area (Å²) in [7, 11) is 7.13. The molecule has 81 heavy (non-hydrogen) atoms. The predicted octanol–water partition coefficient (Wildman–Crippen LogP) is 6.21. The number of carbonyl (C=O) groups excluding carboxylic acids is 3. The summed E-state index contributed by atoms with van der Waals surface area (Å²) >= 11 is 6.64. The van der Waals surface area contributed by atoms with Crippen LogP contribution in [0.2, 0.25) is 5.02 Å². The van der Waals surface area contributed by atoms with Gasteiger partial charge >= 0.3 is 23.9 Å². The minimum absolute atomic E-state index is 0.0113. The molecule has 3 saturated heterocycles. The SMILES string of the molecule is CCC(=O)O[C@H]1[C@H](O[C@@H]2[C@@H](C)C([C@H]3C[C@@](C)(OC)[C@@H](OC(=O)CCOCCNc4cc5c(=O)c(C(=O)O)cn(C6CC6)c5cc4Cl)[C@H](C)O3)[C@@H](C)C(=O)O[C@H](CC)[C@@](C)(O)[C@H](O)[C@@H](C)N(C)C[C@H](C)C[C@@]2(C)O)O[C@H](C)C[C@@H]1N(C)C. The van der Waals surface area contributed by atoms with Crippen molar-refractivity contribution < 1.29 is 77.5 Å². The molecule has 3 aliphatic heterocycles. The number of benzene rings is 1. The number of carboxylic acids is 1. The number of aliphatic hydroxyl groups excluding tert-OH is 1. The molecule has 0 amide bonds. The monoisotopic (exact) mass is 1160 g/mol. The Kier molecular flexibility index (Phi) is 22.3. The van der Waals surface area contributed by atoms with Crippen LogP contribution in [-0.4, -0.2) is 197 Å². The summed E-state index contributed by atoms with van der Waals surface area (Å²) in [5, 5.41) is 50.4. The molecule has 1 aliphatic carbocycles. The smallest absolute Gasteiger partial charge is 0.341 e. The highest BCUT2D eigenvalue weighted by Gasteiger charge is 2.56. The van der Waals surface area contributed by atoms with E-state index in [1.54, 1.807) is 58.2 Å². The van der Waals surface area contributed by atoms with E-state index in [-0.39, 0.29) is 86.9 Å². The van der Waals surface area contributed by atoms with Crippen LogP contribution in [0, 0.1) is 23.7 Å². The molecule has 4 aliphatic rings. The standard InChI is InChI=1S/C59H93ClN4O17/c1-16-45-59(11,73)51(68)35(7)63(14)29-31(3)27-57(9,72)52(81-56-50(79-46(65)17-2)43(62(12)13)24-32(4)76-56)33(5)48(34(6)55(71)78-45)44-28-58(10,74-15)53(36(8)77-44)80-47(66)20-22-75-23-21-61-41-25-38-42(26-40(41)60)64(37-18-19-37)30-39(49(38)67)54(69)70/h25-26,30-37,43-45,48,50-53,56,61,68,72-73H,16-24,27-29H2,1-15H3,(H,69,70)/t31-,32-,33+,34-,35-,36+,43+,44-,45-,48?,50-,51-,52-,53+,56+,57-,58-,59-/m1/s1. The molecule has 5 N–H and O–H groups in total. The van der Waals surface area contributed by atoms with Crippen molar-refractivity contribution in [1.82, 2.24) is 14.4 Å². The molecule has 0 radical (unpaired) electrons. The first-order valence-corrected chi connectivity index (χ1v) is 29.3. The van der Waals surface area contributed by atoms with Crippen molar-refractivity contribution in [2.24, 2.45) is 23.7 Å². The van der Waals surface area contributed by atoms with Gasteiger partial charge in [-0.3, -0.25) is 19.2 Å². The topological polar surface area (TPSA) is 264 Å². The molecular weight excluding hydrogens is 1070 g/mol. The first-order valence-electron chi connectivity index (χ1n) is 28.9. The molecule has 1 aromatic heterocycles. The number of cyclic esters (lactones) is 1. The second-order valence-electron chi connectivity index (χ2n) is 24.5. The Morgan fingerprint density at radius 2 is 1.62 bits per heavy atom. The third-order valence-corrected chi connectivity index (χ3v) is 17.9. The lowest BCUT2D eigenvalue weighted by Gasteiger charge is -2.52. The highest BCUT2D eigenvalue weighted by molar-refractivity contribution is 6.34. The van der Waals surface area contributed by atoms with Crippen molar-refractivity contribution in [3.8, 4) is 0 Å². The Morgan fingerprint density at radius 1 is 0.938 bits per heavy atom. The number of esters is 3. The molecule has 0 bridgehead atoms. The molecule has 22 heteroatoms. The second-order valence-corrected chi connectivity index (χ2v) is 24.9. The number of nitrogens with one attached hydrogen (secondary N) is 1. The lowest BCUT2D eigenvalue weighted by Crippen LogP contribution is -2.62. The maximum Gasteiger partial charge on any atom is 0.341 e. The molecular formula is C59H93ClN4O17. The number of pyridine rings is 1. The zero-order valence-electron chi connectivity index (χ0n) is 50.3. The highest BCUT2D eigenvalue weighted by Crippen LogP contribution is 2.46. The second kappa shape index (κ2) is 27.4. The van der Waals surface area contributed by atoms with Gasteiger partial charge in [-0.15, -0.1) is 0 Å². The van der Waals surface area contributed by atoms with Gasteiger partial charge in [-0.1, -0.05) is 46.2 Å². The van der Waals surface area contributed by atoms with Gasteiger partial charge in [0.15, 0.2) is 18.5 Å². The third-order valence-electron chi connectivity index (χ3n) is 17.6. The Balaban J connectivity index is 1.25. The van der Waals surface area contributed by atoms with E-state index in [1.165, 1.54) is 20.2 Å². The maximum absolute atomic E-state index is 14.9. The number of ether oxygens (including phenoxy) is 8. The number of rotatable bonds is 18. The van der Waals surface area contributed by atoms with E-state index in [4.69, 9.17) is 49.5 Å². The first kappa shape index (κ1) is 66.1. The average molecular weight is 1170 g/mol. The molecule has 21 nitrogen and oxygen atoms in total. The molecule has 1 unspecified atom stereocenters. The van der Waals surface area contributed by atoms with Crippen molar-refractivity contribution in [3.05, 3.63) is 39.1 Å². The van der Waals surface area contributed by atoms with Crippen LogP contribution in [0.25, 0.3) is 10.9 Å². The summed E-state index contributed by atoms with van der Waals surface area (Å²) in [4.78, 5) is 70.7. The van der Waals surface area contributed by atoms with Gasteiger partial charge in [0.2, 0.25) is 5.43 Å². The fraction of sp³-hybridized carbons (Fsp3) is 0.780. The van der Waals surface area contributed by atoms with Crippen molar-refractivity contribution in [2.45, 2.75) is 218 Å². The Bertz CT molecular complexity index is 2560. The summed E-state index contributed by atoms with van der Waals surface area (Å²) in [5.74, 6) is -5.87. The molecule has 1 aromatic carbocycles. The van der Waals surface area contributed by atoms with Crippen LogP contribution < -0.4 is 10.7 Å². The van der Waals surface area contributed by atoms with E-state index in [9.17, 15) is 44.4 Å². The van der Waals surface area contributed by atoms with Crippen molar-refractivity contribution >= 4 is 52.1 Å². The number of methoxy groups -OCH3 is 1. The van der Waals surface area contributed by atoms with E-state index in [0.717, 1.165) is 12.8 Å². The molecule has 458 valence electrons. The molecule has 0 spiro atoms. The van der Waals surface area contributed by atoms with Crippen molar-refractivity contribution in [2.75, 3.05) is 59.9 Å². The van der Waals surface area contributed by atoms with Gasteiger partial charge in [-0.05, 0) is 119 Å². The number of aromatic nitrogens is 1. The number of carbonyl (C=O) groups is 4. The number of halogens is 1. The largest absolute Gasteiger partial charge is 0.477 e. The number of likely N-dealkylation sites (N-methyl/N-ethyl adjacent to an activating group) is 2. The lowest BCUT2D eigenvalue weighted by atomic mass is 9.68. The first-order chi connectivity index (χ1) is 37.9. The lowest BCUT2D eigenvalue weighted by molar-refractivity contribution is -0.304. The van der Waals surface area contributed by atoms with Crippen LogP contribution in [0.1, 0.15) is 144 Å². The van der Waals surface area contributed by atoms with Crippen molar-refractivity contribution in [3.63, 3.8) is 0 Å². The molecule has 2 aromatic rings. The number of hydrogen-bond donors (Lipinski definition) is 5. The van der Waals surface area contributed by atoms with Gasteiger partial charge in [0.1, 0.15) is 29.0 Å². The molecule has 18 atom stereocenters. The summed E-state index contributed by atoms with van der Waals surface area (Å²) in [5.41, 5.74) is -4.68. The minimum Gasteiger partial charge on any atom is -0.477 e. The zero-order valence-corrected chi connectivity index (χ0v) is 51.0. The van der Waals surface area contributed by atoms with Crippen LogP contribution in [0.3, 0.4) is 0 Å².